The van der Waals surface area contributed by atoms with Crippen LogP contribution in [0.25, 0.3) is 0 Å². The number of nitrogens with two attached hydrogens (primary N) is 1. The molecule has 1 aliphatic heterocycles. The number of furan rings is 1. The maximum absolute atomic E-state index is 10.1. The Balaban J connectivity index is 2.22. The highest BCUT2D eigenvalue weighted by atomic mass is 16.3. The molecule has 0 amide bonds. The summed E-state index contributed by atoms with van der Waals surface area (Å²) in [7, 11) is 4.12. The monoisotopic (exact) mass is 281 g/mol. The third-order valence-electron chi connectivity index (χ3n) is 4.08. The summed E-state index contributed by atoms with van der Waals surface area (Å²) >= 11 is 0. The van der Waals surface area contributed by atoms with E-state index in [0.717, 1.165) is 25.1 Å². The average Bonchev–Trinajstić information content (AvgIpc) is 3.00. The summed E-state index contributed by atoms with van der Waals surface area (Å²) in [5.74, 6) is 0.900. The summed E-state index contributed by atoms with van der Waals surface area (Å²) in [6.07, 6.45) is 3.10. The third-order valence-corrected chi connectivity index (χ3v) is 4.08. The van der Waals surface area contributed by atoms with Crippen molar-refractivity contribution in [2.75, 3.05) is 27.2 Å². The predicted octanol–water partition coefficient (Wildman–Crippen LogP) is 1.05. The quantitative estimate of drug-likeness (QED) is 0.816. The lowest BCUT2D eigenvalue weighted by atomic mass is 10.0. The first-order valence-electron chi connectivity index (χ1n) is 7.40. The fourth-order valence-corrected chi connectivity index (χ4v) is 3.16. The van der Waals surface area contributed by atoms with Gasteiger partial charge in [-0.15, -0.1) is 0 Å². The van der Waals surface area contributed by atoms with E-state index in [1.165, 1.54) is 0 Å². The van der Waals surface area contributed by atoms with E-state index < -0.39 is 0 Å². The van der Waals surface area contributed by atoms with E-state index in [9.17, 15) is 5.11 Å². The summed E-state index contributed by atoms with van der Waals surface area (Å²) in [5, 5.41) is 10.1. The van der Waals surface area contributed by atoms with Crippen LogP contribution in [0.2, 0.25) is 0 Å². The second-order valence-corrected chi connectivity index (χ2v) is 6.03. The Kier molecular flexibility index (Phi) is 5.21. The zero-order chi connectivity index (χ0) is 14.7. The molecule has 0 aliphatic carbocycles. The predicted molar refractivity (Wildman–Crippen MR) is 79.4 cm³/mol. The zero-order valence-electron chi connectivity index (χ0n) is 12.7. The molecule has 5 heteroatoms. The molecular formula is C15H27N3O2. The maximum atomic E-state index is 10.1. The smallest absolute Gasteiger partial charge is 0.122 e. The summed E-state index contributed by atoms with van der Waals surface area (Å²) < 4.78 is 5.60. The zero-order valence-corrected chi connectivity index (χ0v) is 12.7. The molecule has 1 aliphatic rings. The Hall–Kier alpha value is -0.880. The topological polar surface area (TPSA) is 65.9 Å². The molecule has 0 spiro atoms. The largest absolute Gasteiger partial charge is 0.468 e. The number of likely N-dealkylation sites (N-methyl/N-ethyl adjacent to an activating group) is 1. The molecule has 1 fully saturated rings. The number of hydrogen-bond donors (Lipinski definition) is 2. The normalized spacial score (nSPS) is 27.1. The van der Waals surface area contributed by atoms with Crippen LogP contribution in [0.5, 0.6) is 0 Å². The summed E-state index contributed by atoms with van der Waals surface area (Å²) in [6.45, 7) is 3.68. The molecule has 0 bridgehead atoms. The van der Waals surface area contributed by atoms with Crippen LogP contribution < -0.4 is 5.73 Å². The molecule has 4 atom stereocenters. The van der Waals surface area contributed by atoms with Gasteiger partial charge in [0.1, 0.15) is 5.76 Å². The highest BCUT2D eigenvalue weighted by Gasteiger charge is 2.39. The van der Waals surface area contributed by atoms with Gasteiger partial charge in [0.15, 0.2) is 0 Å². The molecular weight excluding hydrogens is 254 g/mol. The molecule has 0 radical (unpaired) electrons. The van der Waals surface area contributed by atoms with E-state index in [1.807, 2.05) is 12.1 Å². The fraction of sp³-hybridized carbons (Fsp3) is 0.733. The van der Waals surface area contributed by atoms with Crippen LogP contribution in [-0.4, -0.2) is 60.3 Å². The Morgan fingerprint density at radius 1 is 1.55 bits per heavy atom. The van der Waals surface area contributed by atoms with E-state index in [0.29, 0.717) is 12.6 Å². The molecule has 0 aromatic carbocycles. The Morgan fingerprint density at radius 3 is 2.85 bits per heavy atom. The van der Waals surface area contributed by atoms with Gasteiger partial charge in [-0.05, 0) is 39.1 Å². The van der Waals surface area contributed by atoms with Gasteiger partial charge in [0.05, 0.1) is 18.4 Å². The Morgan fingerprint density at radius 2 is 2.30 bits per heavy atom. The summed E-state index contributed by atoms with van der Waals surface area (Å²) in [5.41, 5.74) is 6.33. The van der Waals surface area contributed by atoms with Crippen LogP contribution in [-0.2, 0) is 0 Å². The van der Waals surface area contributed by atoms with E-state index >= 15 is 0 Å². The van der Waals surface area contributed by atoms with E-state index in [2.05, 4.69) is 30.8 Å². The van der Waals surface area contributed by atoms with Gasteiger partial charge in [-0.2, -0.15) is 0 Å². The minimum atomic E-state index is -0.276. The van der Waals surface area contributed by atoms with Gasteiger partial charge >= 0.3 is 0 Å². The average molecular weight is 281 g/mol. The number of rotatable bonds is 6. The number of hydrogen-bond acceptors (Lipinski definition) is 5. The summed E-state index contributed by atoms with van der Waals surface area (Å²) in [4.78, 5) is 4.48. The van der Waals surface area contributed by atoms with Crippen molar-refractivity contribution in [3.8, 4) is 0 Å². The van der Waals surface area contributed by atoms with Gasteiger partial charge in [0.2, 0.25) is 0 Å². The molecule has 4 unspecified atom stereocenters. The van der Waals surface area contributed by atoms with Crippen molar-refractivity contribution < 1.29 is 9.52 Å². The number of nitrogens with zero attached hydrogens (tertiary/aromatic N) is 2. The Labute approximate surface area is 121 Å². The SMILES string of the molecule is CCC(N)C(c1ccco1)N1CC(O)CC1CN(C)C. The lowest BCUT2D eigenvalue weighted by Crippen LogP contribution is -2.46. The number of likely N-dealkylation sites (tertiary alicyclic amines) is 1. The van der Waals surface area contributed by atoms with Crippen molar-refractivity contribution in [1.82, 2.24) is 9.80 Å². The summed E-state index contributed by atoms with van der Waals surface area (Å²) in [6, 6.07) is 4.25. The van der Waals surface area contributed by atoms with Gasteiger partial charge < -0.3 is 20.2 Å². The first-order valence-corrected chi connectivity index (χ1v) is 7.40. The molecule has 20 heavy (non-hydrogen) atoms. The van der Waals surface area contributed by atoms with Crippen LogP contribution in [0.4, 0.5) is 0 Å². The number of β-amino-alcohol motifs (C(OH)–C–C–N with tert-alkyl or cyclic N) is 1. The molecule has 1 aromatic heterocycles. The first kappa shape index (κ1) is 15.5. The van der Waals surface area contributed by atoms with E-state index in [1.54, 1.807) is 6.26 Å². The molecule has 2 heterocycles. The number of aliphatic hydroxyl groups is 1. The van der Waals surface area contributed by atoms with Crippen LogP contribution in [0.3, 0.4) is 0 Å². The standard InChI is InChI=1S/C15H27N3O2/c1-4-13(16)15(14-6-5-7-20-14)18-10-12(19)8-11(18)9-17(2)3/h5-7,11-13,15,19H,4,8-10,16H2,1-3H3. The van der Waals surface area contributed by atoms with Crippen LogP contribution in [0.1, 0.15) is 31.6 Å². The second kappa shape index (κ2) is 6.72. The molecule has 114 valence electrons. The van der Waals surface area contributed by atoms with Gasteiger partial charge in [0.25, 0.3) is 0 Å². The highest BCUT2D eigenvalue weighted by Crippen LogP contribution is 2.33. The van der Waals surface area contributed by atoms with Crippen LogP contribution in [0, 0.1) is 0 Å². The molecule has 3 N–H and O–H groups in total. The molecule has 2 rings (SSSR count). The van der Waals surface area contributed by atoms with Crippen molar-refractivity contribution in [3.63, 3.8) is 0 Å². The Bertz CT molecular complexity index is 394. The van der Waals surface area contributed by atoms with Gasteiger partial charge in [-0.25, -0.2) is 0 Å². The van der Waals surface area contributed by atoms with Crippen molar-refractivity contribution in [1.29, 1.82) is 0 Å². The highest BCUT2D eigenvalue weighted by molar-refractivity contribution is 5.10. The van der Waals surface area contributed by atoms with Crippen molar-refractivity contribution in [2.24, 2.45) is 5.73 Å². The minimum Gasteiger partial charge on any atom is -0.468 e. The number of aliphatic hydroxyl groups excluding tert-OH is 1. The van der Waals surface area contributed by atoms with Crippen LogP contribution in [0.15, 0.2) is 22.8 Å². The molecule has 1 aromatic rings. The van der Waals surface area contributed by atoms with Crippen LogP contribution >= 0.6 is 0 Å². The van der Waals surface area contributed by atoms with Gasteiger partial charge in [-0.1, -0.05) is 6.92 Å². The lowest BCUT2D eigenvalue weighted by molar-refractivity contribution is 0.105. The minimum absolute atomic E-state index is 0.0103. The van der Waals surface area contributed by atoms with Crippen molar-refractivity contribution in [2.45, 2.75) is 44.0 Å². The molecule has 0 saturated carbocycles. The van der Waals surface area contributed by atoms with Gasteiger partial charge in [-0.3, -0.25) is 4.90 Å². The van der Waals surface area contributed by atoms with E-state index in [-0.39, 0.29) is 18.2 Å². The lowest BCUT2D eigenvalue weighted by Gasteiger charge is -2.36. The first-order chi connectivity index (χ1) is 9.52. The third kappa shape index (κ3) is 3.41. The second-order valence-electron chi connectivity index (χ2n) is 6.03. The molecule has 5 nitrogen and oxygen atoms in total. The molecule has 1 saturated heterocycles. The van der Waals surface area contributed by atoms with Gasteiger partial charge in [0, 0.05) is 25.2 Å². The maximum Gasteiger partial charge on any atom is 0.122 e. The fourth-order valence-electron chi connectivity index (χ4n) is 3.16. The van der Waals surface area contributed by atoms with E-state index in [4.69, 9.17) is 10.2 Å². The van der Waals surface area contributed by atoms with Crippen molar-refractivity contribution in [3.05, 3.63) is 24.2 Å². The van der Waals surface area contributed by atoms with Crippen molar-refractivity contribution >= 4 is 0 Å².